The van der Waals surface area contributed by atoms with Crippen LogP contribution in [-0.4, -0.2) is 22.9 Å². The van der Waals surface area contributed by atoms with E-state index in [1.807, 2.05) is 0 Å². The largest absolute Gasteiger partial charge is 0.481 e. The smallest absolute Gasteiger partial charge is 0.307 e. The number of halogens is 1. The zero-order valence-corrected chi connectivity index (χ0v) is 14.9. The van der Waals surface area contributed by atoms with Crippen LogP contribution < -0.4 is 10.6 Å². The molecule has 0 saturated heterocycles. The van der Waals surface area contributed by atoms with Crippen molar-refractivity contribution in [3.8, 4) is 0 Å². The van der Waals surface area contributed by atoms with Crippen LogP contribution in [0.25, 0.3) is 0 Å². The van der Waals surface area contributed by atoms with E-state index in [0.717, 1.165) is 0 Å². The van der Waals surface area contributed by atoms with Crippen LogP contribution in [0.3, 0.4) is 0 Å². The molecule has 28 heavy (non-hydrogen) atoms. The maximum atomic E-state index is 13.0. The molecule has 0 aromatic heterocycles. The van der Waals surface area contributed by atoms with Gasteiger partial charge in [0, 0.05) is 5.69 Å². The van der Waals surface area contributed by atoms with Crippen LogP contribution in [0.4, 0.5) is 15.8 Å². The summed E-state index contributed by atoms with van der Waals surface area (Å²) in [6.45, 7) is 0. The fourth-order valence-electron chi connectivity index (χ4n) is 3.12. The Bertz CT molecular complexity index is 924. The van der Waals surface area contributed by atoms with Gasteiger partial charge in [-0.25, -0.2) is 4.39 Å². The third-order valence-corrected chi connectivity index (χ3v) is 4.62. The molecule has 2 aromatic carbocycles. The van der Waals surface area contributed by atoms with E-state index in [0.29, 0.717) is 18.5 Å². The molecule has 0 radical (unpaired) electrons. The number of nitrogens with one attached hydrogen (secondary N) is 2. The average molecular weight is 382 g/mol. The summed E-state index contributed by atoms with van der Waals surface area (Å²) >= 11 is 0. The van der Waals surface area contributed by atoms with Gasteiger partial charge in [0.05, 0.1) is 23.1 Å². The van der Waals surface area contributed by atoms with Gasteiger partial charge in [0.2, 0.25) is 5.91 Å². The number of hydrogen-bond acceptors (Lipinski definition) is 3. The van der Waals surface area contributed by atoms with Crippen molar-refractivity contribution < 1.29 is 23.9 Å². The number of benzene rings is 2. The minimum absolute atomic E-state index is 0.221. The Morgan fingerprint density at radius 3 is 2.21 bits per heavy atom. The minimum atomic E-state index is -1.02. The highest BCUT2D eigenvalue weighted by atomic mass is 19.1. The van der Waals surface area contributed by atoms with Crippen molar-refractivity contribution >= 4 is 29.2 Å². The monoisotopic (exact) mass is 382 g/mol. The van der Waals surface area contributed by atoms with Crippen LogP contribution in [0.1, 0.15) is 23.2 Å². The molecule has 0 aliphatic heterocycles. The van der Waals surface area contributed by atoms with E-state index in [1.54, 1.807) is 36.4 Å². The number of carboxylic acids is 1. The molecule has 0 bridgehead atoms. The van der Waals surface area contributed by atoms with Crippen molar-refractivity contribution in [3.05, 3.63) is 72.1 Å². The maximum absolute atomic E-state index is 13.0. The number of hydrogen-bond donors (Lipinski definition) is 3. The van der Waals surface area contributed by atoms with Crippen LogP contribution in [-0.2, 0) is 9.59 Å². The van der Waals surface area contributed by atoms with E-state index in [1.165, 1.54) is 24.3 Å². The van der Waals surface area contributed by atoms with Crippen molar-refractivity contribution in [2.24, 2.45) is 11.8 Å². The summed E-state index contributed by atoms with van der Waals surface area (Å²) in [5, 5.41) is 14.7. The maximum Gasteiger partial charge on any atom is 0.307 e. The Labute approximate surface area is 161 Å². The van der Waals surface area contributed by atoms with E-state index in [4.69, 9.17) is 0 Å². The molecule has 0 unspecified atom stereocenters. The van der Waals surface area contributed by atoms with Crippen molar-refractivity contribution in [3.63, 3.8) is 0 Å². The number of para-hydroxylation sites is 1. The minimum Gasteiger partial charge on any atom is -0.481 e. The number of carbonyl (C=O) groups excluding carboxylic acids is 2. The standard InChI is InChI=1S/C21H19FN2O4/c22-13-9-11-14(12-10-13)23-20(26)17-7-3-4-8-18(17)24-19(25)15-5-1-2-6-16(15)21(27)28/h1-4,7-12,15-16H,5-6H2,(H,23,26)(H,24,25)(H,27,28)/t15-,16+/m1/s1. The predicted molar refractivity (Wildman–Crippen MR) is 102 cm³/mol. The number of anilines is 2. The lowest BCUT2D eigenvalue weighted by Crippen LogP contribution is -2.35. The van der Waals surface area contributed by atoms with Crippen LogP contribution in [0.2, 0.25) is 0 Å². The molecule has 3 N–H and O–H groups in total. The zero-order chi connectivity index (χ0) is 20.1. The molecule has 7 heteroatoms. The van der Waals surface area contributed by atoms with Crippen LogP contribution in [0.15, 0.2) is 60.7 Å². The van der Waals surface area contributed by atoms with Gasteiger partial charge in [-0.05, 0) is 49.2 Å². The van der Waals surface area contributed by atoms with Crippen LogP contribution >= 0.6 is 0 Å². The van der Waals surface area contributed by atoms with Gasteiger partial charge in [-0.1, -0.05) is 24.3 Å². The summed E-state index contributed by atoms with van der Waals surface area (Å²) in [4.78, 5) is 36.7. The second-order valence-corrected chi connectivity index (χ2v) is 6.49. The molecule has 2 aromatic rings. The van der Waals surface area contributed by atoms with Gasteiger partial charge in [-0.15, -0.1) is 0 Å². The normalized spacial score (nSPS) is 18.3. The molecule has 0 fully saturated rings. The summed E-state index contributed by atoms with van der Waals surface area (Å²) in [6.07, 6.45) is 4.16. The molecule has 1 aliphatic rings. The summed E-state index contributed by atoms with van der Waals surface area (Å²) in [5.41, 5.74) is 0.917. The molecule has 144 valence electrons. The molecule has 0 heterocycles. The summed E-state index contributed by atoms with van der Waals surface area (Å²) in [7, 11) is 0. The Kier molecular flexibility index (Phi) is 5.84. The van der Waals surface area contributed by atoms with Crippen molar-refractivity contribution in [2.75, 3.05) is 10.6 Å². The first-order valence-corrected chi connectivity index (χ1v) is 8.80. The summed E-state index contributed by atoms with van der Waals surface area (Å²) in [5.74, 6) is -3.87. The van der Waals surface area contributed by atoms with Crippen molar-refractivity contribution in [1.82, 2.24) is 0 Å². The lowest BCUT2D eigenvalue weighted by Gasteiger charge is -2.24. The third-order valence-electron chi connectivity index (χ3n) is 4.62. The quantitative estimate of drug-likeness (QED) is 0.688. The van der Waals surface area contributed by atoms with E-state index < -0.39 is 35.4 Å². The van der Waals surface area contributed by atoms with Gasteiger partial charge >= 0.3 is 5.97 Å². The number of carbonyl (C=O) groups is 3. The predicted octanol–water partition coefficient (Wildman–Crippen LogP) is 3.68. The van der Waals surface area contributed by atoms with Crippen LogP contribution in [0.5, 0.6) is 0 Å². The molecule has 1 aliphatic carbocycles. The molecule has 3 rings (SSSR count). The number of allylic oxidation sites excluding steroid dienone is 2. The zero-order valence-electron chi connectivity index (χ0n) is 14.9. The van der Waals surface area contributed by atoms with Gasteiger partial charge in [0.15, 0.2) is 0 Å². The van der Waals surface area contributed by atoms with E-state index in [2.05, 4.69) is 10.6 Å². The Hall–Kier alpha value is -3.48. The molecule has 0 spiro atoms. The van der Waals surface area contributed by atoms with Gasteiger partial charge in [-0.2, -0.15) is 0 Å². The first-order chi connectivity index (χ1) is 13.5. The van der Waals surface area contributed by atoms with Crippen LogP contribution in [0, 0.1) is 17.7 Å². The topological polar surface area (TPSA) is 95.5 Å². The van der Waals surface area contributed by atoms with E-state index >= 15 is 0 Å². The van der Waals surface area contributed by atoms with Gasteiger partial charge in [-0.3, -0.25) is 14.4 Å². The molecular weight excluding hydrogens is 363 g/mol. The average Bonchev–Trinajstić information content (AvgIpc) is 2.70. The first kappa shape index (κ1) is 19.3. The fourth-order valence-corrected chi connectivity index (χ4v) is 3.12. The summed E-state index contributed by atoms with van der Waals surface area (Å²) < 4.78 is 13.0. The third kappa shape index (κ3) is 4.43. The summed E-state index contributed by atoms with van der Waals surface area (Å²) in [6, 6.07) is 11.8. The Morgan fingerprint density at radius 1 is 0.893 bits per heavy atom. The highest BCUT2D eigenvalue weighted by Gasteiger charge is 2.34. The van der Waals surface area contributed by atoms with E-state index in [-0.39, 0.29) is 11.3 Å². The Morgan fingerprint density at radius 2 is 1.54 bits per heavy atom. The number of amides is 2. The molecular formula is C21H19FN2O4. The number of aliphatic carboxylic acids is 1. The SMILES string of the molecule is O=C(Nc1ccc(F)cc1)c1ccccc1NC(=O)[C@@H]1CC=CC[C@@H]1C(=O)O. The highest BCUT2D eigenvalue weighted by molar-refractivity contribution is 6.10. The van der Waals surface area contributed by atoms with Crippen molar-refractivity contribution in [2.45, 2.75) is 12.8 Å². The molecule has 6 nitrogen and oxygen atoms in total. The van der Waals surface area contributed by atoms with E-state index in [9.17, 15) is 23.9 Å². The molecule has 2 amide bonds. The highest BCUT2D eigenvalue weighted by Crippen LogP contribution is 2.28. The van der Waals surface area contributed by atoms with Gasteiger partial charge in [0.25, 0.3) is 5.91 Å². The van der Waals surface area contributed by atoms with Gasteiger partial charge in [0.1, 0.15) is 5.82 Å². The second-order valence-electron chi connectivity index (χ2n) is 6.49. The number of carboxylic acid groups (broad SMARTS) is 1. The first-order valence-electron chi connectivity index (χ1n) is 8.80. The Balaban J connectivity index is 1.77. The van der Waals surface area contributed by atoms with Crippen molar-refractivity contribution in [1.29, 1.82) is 0 Å². The van der Waals surface area contributed by atoms with Gasteiger partial charge < -0.3 is 15.7 Å². The molecule has 2 atom stereocenters. The lowest BCUT2D eigenvalue weighted by atomic mass is 9.82. The lowest BCUT2D eigenvalue weighted by molar-refractivity contribution is -0.146. The number of rotatable bonds is 5. The molecule has 0 saturated carbocycles. The second kappa shape index (κ2) is 8.47. The fraction of sp³-hybridized carbons (Fsp3) is 0.190.